The smallest absolute Gasteiger partial charge is 0.0737 e. The number of aromatic nitrogens is 1. The SMILES string of the molecule is C1=C(c2ccccc2)c2c(-c3ccccc3)[nH]c3cccc(c23)N=C1c1ccccc1. The number of H-pyrrole nitrogens is 1. The molecule has 0 aliphatic carbocycles. The first-order valence-electron chi connectivity index (χ1n) is 10.5. The van der Waals surface area contributed by atoms with Crippen LogP contribution in [-0.4, -0.2) is 10.7 Å². The molecule has 2 heterocycles. The Bertz CT molecular complexity index is 1440. The molecule has 2 nitrogen and oxygen atoms in total. The average molecular weight is 396 g/mol. The number of aliphatic imine (C=N–C) groups is 1. The Kier molecular flexibility index (Phi) is 4.14. The molecule has 0 bridgehead atoms. The lowest BCUT2D eigenvalue weighted by Crippen LogP contribution is -1.98. The molecule has 2 heteroatoms. The summed E-state index contributed by atoms with van der Waals surface area (Å²) in [7, 11) is 0. The van der Waals surface area contributed by atoms with Gasteiger partial charge in [0.25, 0.3) is 0 Å². The molecule has 0 spiro atoms. The van der Waals surface area contributed by atoms with Crippen molar-refractivity contribution >= 4 is 27.9 Å². The van der Waals surface area contributed by atoms with Gasteiger partial charge < -0.3 is 4.98 Å². The second-order valence-corrected chi connectivity index (χ2v) is 7.73. The molecule has 31 heavy (non-hydrogen) atoms. The Balaban J connectivity index is 1.72. The van der Waals surface area contributed by atoms with Crippen LogP contribution in [0.2, 0.25) is 0 Å². The number of allylic oxidation sites excluding steroid dienone is 1. The zero-order chi connectivity index (χ0) is 20.6. The Morgan fingerprint density at radius 1 is 0.548 bits per heavy atom. The van der Waals surface area contributed by atoms with Gasteiger partial charge in [0.1, 0.15) is 0 Å². The van der Waals surface area contributed by atoms with Crippen LogP contribution in [0.4, 0.5) is 5.69 Å². The highest BCUT2D eigenvalue weighted by Crippen LogP contribution is 2.44. The predicted molar refractivity (Wildman–Crippen MR) is 130 cm³/mol. The fourth-order valence-corrected chi connectivity index (χ4v) is 4.39. The van der Waals surface area contributed by atoms with Crippen molar-refractivity contribution in [3.63, 3.8) is 0 Å². The summed E-state index contributed by atoms with van der Waals surface area (Å²) >= 11 is 0. The Morgan fingerprint density at radius 3 is 1.84 bits per heavy atom. The van der Waals surface area contributed by atoms with Crippen LogP contribution >= 0.6 is 0 Å². The highest BCUT2D eigenvalue weighted by molar-refractivity contribution is 6.21. The molecular weight excluding hydrogens is 376 g/mol. The molecule has 6 rings (SSSR count). The fourth-order valence-electron chi connectivity index (χ4n) is 4.39. The summed E-state index contributed by atoms with van der Waals surface area (Å²) in [6.45, 7) is 0. The maximum absolute atomic E-state index is 5.13. The molecule has 1 aliphatic heterocycles. The molecule has 0 radical (unpaired) electrons. The number of benzene rings is 4. The zero-order valence-corrected chi connectivity index (χ0v) is 16.9. The van der Waals surface area contributed by atoms with Crippen molar-refractivity contribution in [2.24, 2.45) is 4.99 Å². The van der Waals surface area contributed by atoms with Gasteiger partial charge in [0.15, 0.2) is 0 Å². The van der Waals surface area contributed by atoms with Crippen LogP contribution in [0, 0.1) is 0 Å². The third-order valence-electron chi connectivity index (χ3n) is 5.81. The largest absolute Gasteiger partial charge is 0.354 e. The lowest BCUT2D eigenvalue weighted by Gasteiger charge is -2.11. The Labute approximate surface area is 181 Å². The van der Waals surface area contributed by atoms with Gasteiger partial charge in [-0.3, -0.25) is 0 Å². The minimum atomic E-state index is 0.974. The van der Waals surface area contributed by atoms with E-state index in [0.717, 1.165) is 28.2 Å². The molecule has 0 unspecified atom stereocenters. The van der Waals surface area contributed by atoms with Gasteiger partial charge in [-0.25, -0.2) is 4.99 Å². The molecule has 4 aromatic carbocycles. The standard InChI is InChI=1S/C29H20N2/c1-4-11-20(12-5-1)23-19-26(21-13-6-2-7-14-21)30-24-17-10-18-25-28(24)27(23)29(31-25)22-15-8-3-9-16-22/h1-19,31H. The summed E-state index contributed by atoms with van der Waals surface area (Å²) in [6.07, 6.45) is 2.24. The molecule has 0 fully saturated rings. The molecular formula is C29H20N2. The first-order valence-corrected chi connectivity index (χ1v) is 10.5. The van der Waals surface area contributed by atoms with Crippen LogP contribution in [-0.2, 0) is 0 Å². The number of hydrogen-bond acceptors (Lipinski definition) is 1. The molecule has 1 aromatic heterocycles. The molecule has 1 aliphatic rings. The molecule has 0 saturated carbocycles. The van der Waals surface area contributed by atoms with Gasteiger partial charge in [-0.1, -0.05) is 97.1 Å². The molecule has 0 saturated heterocycles. The van der Waals surface area contributed by atoms with Crippen LogP contribution in [0.3, 0.4) is 0 Å². The third kappa shape index (κ3) is 3.01. The van der Waals surface area contributed by atoms with E-state index in [4.69, 9.17) is 4.99 Å². The van der Waals surface area contributed by atoms with Gasteiger partial charge in [0, 0.05) is 22.0 Å². The number of nitrogens with one attached hydrogen (secondary N) is 1. The summed E-state index contributed by atoms with van der Waals surface area (Å²) in [4.78, 5) is 8.81. The van der Waals surface area contributed by atoms with Crippen molar-refractivity contribution in [3.05, 3.63) is 132 Å². The first-order chi connectivity index (χ1) is 15.4. The molecule has 5 aromatic rings. The Hall–Kier alpha value is -4.17. The van der Waals surface area contributed by atoms with Gasteiger partial charge in [-0.05, 0) is 34.9 Å². The normalized spacial score (nSPS) is 12.9. The first kappa shape index (κ1) is 17.7. The number of rotatable bonds is 3. The van der Waals surface area contributed by atoms with E-state index >= 15 is 0 Å². The van der Waals surface area contributed by atoms with Crippen molar-refractivity contribution in [2.45, 2.75) is 0 Å². The summed E-state index contributed by atoms with van der Waals surface area (Å²) in [5.74, 6) is 0. The van der Waals surface area contributed by atoms with Crippen LogP contribution in [0.1, 0.15) is 16.7 Å². The lowest BCUT2D eigenvalue weighted by molar-refractivity contribution is 1.43. The van der Waals surface area contributed by atoms with E-state index in [2.05, 4.69) is 114 Å². The van der Waals surface area contributed by atoms with Gasteiger partial charge >= 0.3 is 0 Å². The number of aromatic amines is 1. The van der Waals surface area contributed by atoms with E-state index in [1.807, 2.05) is 6.07 Å². The molecule has 146 valence electrons. The van der Waals surface area contributed by atoms with Crippen molar-refractivity contribution in [2.75, 3.05) is 0 Å². The van der Waals surface area contributed by atoms with Crippen molar-refractivity contribution < 1.29 is 0 Å². The predicted octanol–water partition coefficient (Wildman–Crippen LogP) is 7.40. The van der Waals surface area contributed by atoms with Crippen molar-refractivity contribution in [1.82, 2.24) is 4.98 Å². The highest BCUT2D eigenvalue weighted by Gasteiger charge is 2.23. The van der Waals surface area contributed by atoms with E-state index in [9.17, 15) is 0 Å². The summed E-state index contributed by atoms with van der Waals surface area (Å²) in [5.41, 5.74) is 10.0. The number of nitrogens with zero attached hydrogens (tertiary/aromatic N) is 1. The summed E-state index contributed by atoms with van der Waals surface area (Å²) in [6, 6.07) is 37.9. The fraction of sp³-hybridized carbons (Fsp3) is 0. The monoisotopic (exact) mass is 396 g/mol. The second kappa shape index (κ2) is 7.26. The quantitative estimate of drug-likeness (QED) is 0.329. The average Bonchev–Trinajstić information content (AvgIpc) is 3.14. The zero-order valence-electron chi connectivity index (χ0n) is 16.9. The van der Waals surface area contributed by atoms with E-state index in [1.54, 1.807) is 0 Å². The minimum absolute atomic E-state index is 0.974. The summed E-state index contributed by atoms with van der Waals surface area (Å²) in [5, 5.41) is 1.17. The number of hydrogen-bond donors (Lipinski definition) is 1. The summed E-state index contributed by atoms with van der Waals surface area (Å²) < 4.78 is 0. The lowest BCUT2D eigenvalue weighted by atomic mass is 9.91. The van der Waals surface area contributed by atoms with Crippen molar-refractivity contribution in [3.8, 4) is 11.3 Å². The molecule has 1 N–H and O–H groups in total. The third-order valence-corrected chi connectivity index (χ3v) is 5.81. The second-order valence-electron chi connectivity index (χ2n) is 7.73. The maximum atomic E-state index is 5.13. The van der Waals surface area contributed by atoms with Gasteiger partial charge in [0.2, 0.25) is 0 Å². The van der Waals surface area contributed by atoms with Gasteiger partial charge in [-0.2, -0.15) is 0 Å². The highest BCUT2D eigenvalue weighted by atomic mass is 14.8. The minimum Gasteiger partial charge on any atom is -0.354 e. The van der Waals surface area contributed by atoms with Crippen LogP contribution < -0.4 is 0 Å². The van der Waals surface area contributed by atoms with Crippen molar-refractivity contribution in [1.29, 1.82) is 0 Å². The molecule has 0 atom stereocenters. The van der Waals surface area contributed by atoms with E-state index < -0.39 is 0 Å². The maximum Gasteiger partial charge on any atom is 0.0737 e. The topological polar surface area (TPSA) is 28.1 Å². The van der Waals surface area contributed by atoms with Crippen LogP contribution in [0.5, 0.6) is 0 Å². The van der Waals surface area contributed by atoms with Gasteiger partial charge in [-0.15, -0.1) is 0 Å². The Morgan fingerprint density at radius 2 is 1.16 bits per heavy atom. The van der Waals surface area contributed by atoms with E-state index in [0.29, 0.717) is 0 Å². The van der Waals surface area contributed by atoms with Crippen LogP contribution in [0.25, 0.3) is 27.7 Å². The van der Waals surface area contributed by atoms with E-state index in [-0.39, 0.29) is 0 Å². The van der Waals surface area contributed by atoms with Gasteiger partial charge in [0.05, 0.1) is 17.1 Å². The van der Waals surface area contributed by atoms with Crippen LogP contribution in [0.15, 0.2) is 120 Å². The molecule has 0 amide bonds. The van der Waals surface area contributed by atoms with E-state index in [1.165, 1.54) is 27.6 Å².